The van der Waals surface area contributed by atoms with Gasteiger partial charge in [-0.25, -0.2) is 0 Å². The lowest BCUT2D eigenvalue weighted by Crippen LogP contribution is -2.35. The number of nitrogens with one attached hydrogen (secondary N) is 2. The molecule has 8 N–H and O–H groups in total. The number of carbonyl (C=O) groups is 2. The highest BCUT2D eigenvalue weighted by atomic mass is 79.9. The Morgan fingerprint density at radius 2 is 1.16 bits per heavy atom. The lowest BCUT2D eigenvalue weighted by molar-refractivity contribution is 0.0956. The minimum Gasteiger partial charge on any atom is -0.464 e. The summed E-state index contributed by atoms with van der Waals surface area (Å²) < 4.78 is 13.4. The molecule has 2 heterocycles. The Hall–Kier alpha value is -5.10. The van der Waals surface area contributed by atoms with E-state index in [9.17, 15) is 19.6 Å². The van der Waals surface area contributed by atoms with Crippen molar-refractivity contribution in [2.75, 3.05) is 25.6 Å². The molecule has 16 heteroatoms. The lowest BCUT2D eigenvalue weighted by atomic mass is 9.83. The Labute approximate surface area is 311 Å². The van der Waals surface area contributed by atoms with Gasteiger partial charge >= 0.3 is 7.12 Å². The monoisotopic (exact) mass is 862 g/mol. The second kappa shape index (κ2) is 16.5. The van der Waals surface area contributed by atoms with E-state index in [0.29, 0.717) is 70.3 Å². The summed E-state index contributed by atoms with van der Waals surface area (Å²) in [4.78, 5) is 24.1. The molecule has 2 aromatic heterocycles. The van der Waals surface area contributed by atoms with Gasteiger partial charge in [-0.1, -0.05) is 15.9 Å². The molecule has 4 aromatic carbocycles. The Kier molecular flexibility index (Phi) is 12.5. The number of nitrogens with two attached hydrogens (primary N) is 2. The van der Waals surface area contributed by atoms with Crippen LogP contribution in [0.25, 0.3) is 33.3 Å². The number of hydrogen-bond donors (Lipinski definition) is 6. The SMILES string of the molecule is CNC(=O)c1c(-c2ccc(C#N)cc2)oc2cc(N)c(Br)cc12.CNC(=O)c1c(B(O)O)oc2cc(N)c(Br)cc12.N#Cc1ccc(Br)cc1. The molecule has 12 nitrogen and oxygen atoms in total. The molecule has 50 heavy (non-hydrogen) atoms. The highest BCUT2D eigenvalue weighted by Gasteiger charge is 2.28. The first-order chi connectivity index (χ1) is 23.8. The van der Waals surface area contributed by atoms with E-state index >= 15 is 0 Å². The molecule has 0 saturated heterocycles. The maximum Gasteiger partial charge on any atom is 0.527 e. The van der Waals surface area contributed by atoms with Crippen molar-refractivity contribution in [1.29, 1.82) is 10.5 Å². The van der Waals surface area contributed by atoms with Gasteiger partial charge in [-0.15, -0.1) is 0 Å². The molecule has 0 spiro atoms. The maximum atomic E-state index is 12.3. The first-order valence-corrected chi connectivity index (χ1v) is 16.7. The molecule has 0 aliphatic rings. The zero-order valence-electron chi connectivity index (χ0n) is 26.2. The van der Waals surface area contributed by atoms with Gasteiger partial charge in [0.25, 0.3) is 11.8 Å². The average Bonchev–Trinajstić information content (AvgIpc) is 3.67. The van der Waals surface area contributed by atoms with E-state index in [4.69, 9.17) is 30.8 Å². The number of furan rings is 2. The van der Waals surface area contributed by atoms with Crippen LogP contribution in [0, 0.1) is 22.7 Å². The predicted octanol–water partition coefficient (Wildman–Crippen LogP) is 5.81. The summed E-state index contributed by atoms with van der Waals surface area (Å²) in [6.07, 6.45) is 0. The quantitative estimate of drug-likeness (QED) is 0.0921. The van der Waals surface area contributed by atoms with Crippen molar-refractivity contribution in [1.82, 2.24) is 10.6 Å². The number of nitriles is 2. The zero-order valence-corrected chi connectivity index (χ0v) is 31.0. The molecular formula is C34H26BBr3N6O6. The van der Waals surface area contributed by atoms with Gasteiger partial charge in [-0.2, -0.15) is 10.5 Å². The van der Waals surface area contributed by atoms with Gasteiger partial charge in [-0.3, -0.25) is 9.59 Å². The predicted molar refractivity (Wildman–Crippen MR) is 202 cm³/mol. The standard InChI is InChI=1S/C17H12BrN3O2.C10H10BBrN2O4.C7H4BrN/c1-21-17(22)15-11-6-12(18)13(20)7-14(11)23-16(15)10-4-2-9(8-19)3-5-10;1-14-10(15)8-4-2-5(12)6(13)3-7(4)18-9(8)11(16)17;8-7-3-1-6(5-9)2-4-7/h2-7H,20H2,1H3,(H,21,22);2-3,16-17H,13H2,1H3,(H,14,15);1-4H. The third-order valence-corrected chi connectivity index (χ3v) is 8.94. The summed E-state index contributed by atoms with van der Waals surface area (Å²) in [7, 11) is 1.14. The summed E-state index contributed by atoms with van der Waals surface area (Å²) >= 11 is 9.88. The molecule has 0 aliphatic carbocycles. The highest BCUT2D eigenvalue weighted by Crippen LogP contribution is 2.37. The van der Waals surface area contributed by atoms with Crippen LogP contribution in [0.4, 0.5) is 11.4 Å². The van der Waals surface area contributed by atoms with E-state index in [0.717, 1.165) is 4.47 Å². The summed E-state index contributed by atoms with van der Waals surface area (Å²) in [5, 5.41) is 41.9. The largest absolute Gasteiger partial charge is 0.527 e. The number of nitrogen functional groups attached to an aromatic ring is 2. The van der Waals surface area contributed by atoms with Crippen LogP contribution in [0.1, 0.15) is 31.8 Å². The van der Waals surface area contributed by atoms with Gasteiger partial charge in [0.1, 0.15) is 22.6 Å². The topological polar surface area (TPSA) is 225 Å². The molecule has 0 saturated carbocycles. The minimum absolute atomic E-state index is 0.0863. The summed E-state index contributed by atoms with van der Waals surface area (Å²) in [5.74, 6) is -0.269. The number of fused-ring (bicyclic) bond motifs is 2. The van der Waals surface area contributed by atoms with Crippen molar-refractivity contribution in [2.24, 2.45) is 0 Å². The third-order valence-electron chi connectivity index (χ3n) is 7.03. The zero-order chi connectivity index (χ0) is 36.7. The molecule has 0 fully saturated rings. The first-order valence-electron chi connectivity index (χ1n) is 14.3. The Morgan fingerprint density at radius 1 is 0.720 bits per heavy atom. The van der Waals surface area contributed by atoms with Crippen LogP contribution in [0.2, 0.25) is 0 Å². The fourth-order valence-electron chi connectivity index (χ4n) is 4.60. The molecule has 2 amide bonds. The lowest BCUT2D eigenvalue weighted by Gasteiger charge is -2.02. The van der Waals surface area contributed by atoms with Crippen molar-refractivity contribution < 1.29 is 28.5 Å². The van der Waals surface area contributed by atoms with Crippen LogP contribution in [0.5, 0.6) is 0 Å². The Morgan fingerprint density at radius 3 is 1.62 bits per heavy atom. The molecule has 6 aromatic rings. The molecular weight excluding hydrogens is 839 g/mol. The third kappa shape index (κ3) is 8.36. The van der Waals surface area contributed by atoms with Crippen molar-refractivity contribution in [2.45, 2.75) is 0 Å². The van der Waals surface area contributed by atoms with E-state index < -0.39 is 13.0 Å². The molecule has 0 bridgehead atoms. The van der Waals surface area contributed by atoms with E-state index in [1.54, 1.807) is 61.6 Å². The number of amides is 2. The fraction of sp³-hybridized carbons (Fsp3) is 0.0588. The highest BCUT2D eigenvalue weighted by molar-refractivity contribution is 9.11. The van der Waals surface area contributed by atoms with E-state index in [-0.39, 0.29) is 17.1 Å². The summed E-state index contributed by atoms with van der Waals surface area (Å²) in [6.45, 7) is 0. The minimum atomic E-state index is -1.87. The van der Waals surface area contributed by atoms with Crippen molar-refractivity contribution in [3.8, 4) is 23.5 Å². The molecule has 0 radical (unpaired) electrons. The van der Waals surface area contributed by atoms with Crippen LogP contribution < -0.4 is 27.8 Å². The number of halogens is 3. The van der Waals surface area contributed by atoms with Gasteiger partial charge in [0.05, 0.1) is 34.4 Å². The number of carbonyl (C=O) groups excluding carboxylic acids is 2. The molecule has 0 atom stereocenters. The van der Waals surface area contributed by atoms with E-state index in [1.165, 1.54) is 13.1 Å². The molecule has 0 aliphatic heterocycles. The van der Waals surface area contributed by atoms with Gasteiger partial charge in [0, 0.05) is 67.4 Å². The van der Waals surface area contributed by atoms with Gasteiger partial charge in [0.2, 0.25) is 0 Å². The number of anilines is 2. The normalized spacial score (nSPS) is 10.2. The number of hydrogen-bond acceptors (Lipinski definition) is 10. The van der Waals surface area contributed by atoms with Crippen molar-refractivity contribution >= 4 is 106 Å². The van der Waals surface area contributed by atoms with Crippen LogP contribution in [-0.4, -0.2) is 43.1 Å². The van der Waals surface area contributed by atoms with Crippen LogP contribution in [0.3, 0.4) is 0 Å². The van der Waals surface area contributed by atoms with Gasteiger partial charge in [-0.05, 0) is 92.5 Å². The first kappa shape index (κ1) is 37.7. The molecule has 0 unspecified atom stereocenters. The number of benzene rings is 4. The van der Waals surface area contributed by atoms with Crippen molar-refractivity contribution in [3.63, 3.8) is 0 Å². The number of nitrogens with zero attached hydrogens (tertiary/aromatic N) is 2. The van der Waals surface area contributed by atoms with E-state index in [1.807, 2.05) is 18.2 Å². The summed E-state index contributed by atoms with van der Waals surface area (Å²) in [5.41, 5.74) is 15.7. The van der Waals surface area contributed by atoms with Crippen LogP contribution in [-0.2, 0) is 0 Å². The maximum absolute atomic E-state index is 12.3. The summed E-state index contributed by atoms with van der Waals surface area (Å²) in [6, 6.07) is 24.8. The van der Waals surface area contributed by atoms with Crippen LogP contribution >= 0.6 is 47.8 Å². The Bertz CT molecular complexity index is 2290. The molecule has 6 rings (SSSR count). The van der Waals surface area contributed by atoms with Crippen LogP contribution in [0.15, 0.2) is 95.0 Å². The van der Waals surface area contributed by atoms with Gasteiger partial charge < -0.3 is 41.0 Å². The Balaban J connectivity index is 0.000000184. The van der Waals surface area contributed by atoms with Gasteiger partial charge in [0.15, 0.2) is 0 Å². The molecule has 252 valence electrons. The van der Waals surface area contributed by atoms with Crippen molar-refractivity contribution in [3.05, 3.63) is 108 Å². The second-order valence-electron chi connectivity index (χ2n) is 10.2. The average molecular weight is 865 g/mol. The van der Waals surface area contributed by atoms with E-state index in [2.05, 4.69) is 64.5 Å². The second-order valence-corrected chi connectivity index (χ2v) is 12.9. The number of rotatable bonds is 4. The fourth-order valence-corrected chi connectivity index (χ4v) is 5.55. The smallest absolute Gasteiger partial charge is 0.464 e.